The number of rotatable bonds is 5. The molecule has 2 aromatic carbocycles. The smallest absolute Gasteiger partial charge is 0.347 e. The Morgan fingerprint density at radius 1 is 0.875 bits per heavy atom. The maximum Gasteiger partial charge on any atom is 0.347 e. The van der Waals surface area contributed by atoms with Gasteiger partial charge in [-0.25, -0.2) is 9.59 Å². The van der Waals surface area contributed by atoms with E-state index in [1.165, 1.54) is 6.92 Å². The molecular formula is C25H20N2O5. The lowest BCUT2D eigenvalue weighted by Gasteiger charge is -2.05. The molecule has 160 valence electrons. The minimum absolute atomic E-state index is 0.200. The van der Waals surface area contributed by atoms with Gasteiger partial charge in [-0.05, 0) is 12.1 Å². The van der Waals surface area contributed by atoms with Gasteiger partial charge >= 0.3 is 17.9 Å². The standard InChI is InChI=1S/C25H20N2O5/c1-15(28)31-12-11-27-14-19(17-8-4-6-10-21(17)27)23-22(24(29)32-25(23)30)18-13-26(2)20-9-5-3-7-16(18)20/h3-10,13-14H,11-12H2,1-2H3. The van der Waals surface area contributed by atoms with Crippen molar-refractivity contribution in [2.75, 3.05) is 6.61 Å². The molecule has 0 unspecified atom stereocenters. The summed E-state index contributed by atoms with van der Waals surface area (Å²) < 4.78 is 14.0. The molecular weight excluding hydrogens is 408 g/mol. The maximum atomic E-state index is 12.9. The second kappa shape index (κ2) is 7.53. The molecule has 0 bridgehead atoms. The highest BCUT2D eigenvalue weighted by molar-refractivity contribution is 6.46. The van der Waals surface area contributed by atoms with Crippen molar-refractivity contribution in [2.24, 2.45) is 7.05 Å². The number of hydrogen-bond acceptors (Lipinski definition) is 5. The van der Waals surface area contributed by atoms with E-state index in [0.29, 0.717) is 17.7 Å². The third kappa shape index (κ3) is 3.10. The van der Waals surface area contributed by atoms with Gasteiger partial charge in [0.2, 0.25) is 0 Å². The normalized spacial score (nSPS) is 13.9. The average Bonchev–Trinajstić information content (AvgIpc) is 3.39. The van der Waals surface area contributed by atoms with Crippen molar-refractivity contribution in [2.45, 2.75) is 13.5 Å². The fraction of sp³-hybridized carbons (Fsp3) is 0.160. The van der Waals surface area contributed by atoms with Gasteiger partial charge in [-0.3, -0.25) is 4.79 Å². The first-order valence-electron chi connectivity index (χ1n) is 10.2. The summed E-state index contributed by atoms with van der Waals surface area (Å²) in [4.78, 5) is 36.9. The van der Waals surface area contributed by atoms with Crippen molar-refractivity contribution >= 4 is 50.9 Å². The molecule has 0 fully saturated rings. The van der Waals surface area contributed by atoms with Crippen molar-refractivity contribution < 1.29 is 23.9 Å². The lowest BCUT2D eigenvalue weighted by Crippen LogP contribution is -2.08. The van der Waals surface area contributed by atoms with E-state index >= 15 is 0 Å². The van der Waals surface area contributed by atoms with Gasteiger partial charge in [0, 0.05) is 59.3 Å². The van der Waals surface area contributed by atoms with E-state index in [0.717, 1.165) is 21.8 Å². The van der Waals surface area contributed by atoms with Gasteiger partial charge in [-0.15, -0.1) is 0 Å². The molecule has 0 amide bonds. The first-order chi connectivity index (χ1) is 15.5. The van der Waals surface area contributed by atoms with E-state index in [4.69, 9.17) is 9.47 Å². The van der Waals surface area contributed by atoms with Crippen LogP contribution in [0.15, 0.2) is 60.9 Å². The Kier molecular flexibility index (Phi) is 4.66. The number of hydrogen-bond donors (Lipinski definition) is 0. The van der Waals surface area contributed by atoms with Gasteiger partial charge in [0.15, 0.2) is 0 Å². The number of benzene rings is 2. The highest BCUT2D eigenvalue weighted by Crippen LogP contribution is 2.40. The van der Waals surface area contributed by atoms with Crippen LogP contribution in [0.4, 0.5) is 0 Å². The summed E-state index contributed by atoms with van der Waals surface area (Å²) >= 11 is 0. The number of cyclic esters (lactones) is 2. The molecule has 0 radical (unpaired) electrons. The summed E-state index contributed by atoms with van der Waals surface area (Å²) in [5.41, 5.74) is 3.59. The number of ether oxygens (including phenoxy) is 2. The second-order valence-electron chi connectivity index (χ2n) is 7.69. The number of fused-ring (bicyclic) bond motifs is 2. The minimum atomic E-state index is -0.666. The summed E-state index contributed by atoms with van der Waals surface area (Å²) in [7, 11) is 1.90. The molecule has 0 atom stereocenters. The molecule has 32 heavy (non-hydrogen) atoms. The van der Waals surface area contributed by atoms with E-state index in [1.807, 2.05) is 77.1 Å². The number of aromatic nitrogens is 2. The molecule has 0 aliphatic carbocycles. The molecule has 5 rings (SSSR count). The predicted molar refractivity (Wildman–Crippen MR) is 119 cm³/mol. The first kappa shape index (κ1) is 19.8. The third-order valence-corrected chi connectivity index (χ3v) is 5.71. The summed E-state index contributed by atoms with van der Waals surface area (Å²) in [6, 6.07) is 15.3. The quantitative estimate of drug-likeness (QED) is 0.358. The minimum Gasteiger partial charge on any atom is -0.464 e. The molecule has 1 aliphatic rings. The molecule has 7 nitrogen and oxygen atoms in total. The number of carbonyl (C=O) groups is 3. The molecule has 1 aliphatic heterocycles. The summed E-state index contributed by atoms with van der Waals surface area (Å²) in [6.45, 7) is 1.98. The lowest BCUT2D eigenvalue weighted by atomic mass is 9.95. The van der Waals surface area contributed by atoms with Gasteiger partial charge in [-0.2, -0.15) is 0 Å². The first-order valence-corrected chi connectivity index (χ1v) is 10.2. The fourth-order valence-corrected chi connectivity index (χ4v) is 4.34. The highest BCUT2D eigenvalue weighted by Gasteiger charge is 2.37. The van der Waals surface area contributed by atoms with Crippen molar-refractivity contribution in [1.82, 2.24) is 9.13 Å². The predicted octanol–water partition coefficient (Wildman–Crippen LogP) is 3.69. The van der Waals surface area contributed by atoms with Gasteiger partial charge in [0.1, 0.15) is 6.61 Å². The zero-order valence-electron chi connectivity index (χ0n) is 17.6. The fourth-order valence-electron chi connectivity index (χ4n) is 4.34. The Balaban J connectivity index is 1.73. The van der Waals surface area contributed by atoms with Crippen molar-refractivity contribution in [3.8, 4) is 0 Å². The number of aryl methyl sites for hydroxylation is 1. The number of esters is 3. The maximum absolute atomic E-state index is 12.9. The van der Waals surface area contributed by atoms with Gasteiger partial charge in [-0.1, -0.05) is 36.4 Å². The topological polar surface area (TPSA) is 79.5 Å². The Hall–Kier alpha value is -4.13. The Morgan fingerprint density at radius 3 is 2.09 bits per heavy atom. The van der Waals surface area contributed by atoms with Crippen LogP contribution in [-0.2, 0) is 37.4 Å². The van der Waals surface area contributed by atoms with E-state index in [2.05, 4.69) is 0 Å². The van der Waals surface area contributed by atoms with Crippen LogP contribution in [0.25, 0.3) is 33.0 Å². The van der Waals surface area contributed by atoms with Crippen LogP contribution in [0.2, 0.25) is 0 Å². The van der Waals surface area contributed by atoms with Crippen molar-refractivity contribution in [3.05, 3.63) is 72.1 Å². The molecule has 3 heterocycles. The SMILES string of the molecule is CC(=O)OCCn1cc(C2=C(c3cn(C)c4ccccc34)C(=O)OC2=O)c2ccccc21. The van der Waals surface area contributed by atoms with E-state index in [9.17, 15) is 14.4 Å². The van der Waals surface area contributed by atoms with Crippen LogP contribution in [0.1, 0.15) is 18.1 Å². The molecule has 0 saturated carbocycles. The number of carbonyl (C=O) groups excluding carboxylic acids is 3. The molecule has 0 N–H and O–H groups in total. The van der Waals surface area contributed by atoms with Crippen molar-refractivity contribution in [1.29, 1.82) is 0 Å². The van der Waals surface area contributed by atoms with Crippen LogP contribution in [0.3, 0.4) is 0 Å². The van der Waals surface area contributed by atoms with E-state index in [1.54, 1.807) is 0 Å². The monoisotopic (exact) mass is 428 g/mol. The van der Waals surface area contributed by atoms with Crippen LogP contribution >= 0.6 is 0 Å². The Morgan fingerprint density at radius 2 is 1.44 bits per heavy atom. The molecule has 0 spiro atoms. The van der Waals surface area contributed by atoms with Crippen LogP contribution in [0.5, 0.6) is 0 Å². The number of para-hydroxylation sites is 2. The molecule has 2 aromatic heterocycles. The Bertz CT molecular complexity index is 1450. The van der Waals surface area contributed by atoms with E-state index in [-0.39, 0.29) is 23.7 Å². The zero-order chi connectivity index (χ0) is 22.4. The lowest BCUT2D eigenvalue weighted by molar-refractivity contribution is -0.149. The molecule has 0 saturated heterocycles. The van der Waals surface area contributed by atoms with Crippen LogP contribution in [0, 0.1) is 0 Å². The summed E-state index contributed by atoms with van der Waals surface area (Å²) in [6.07, 6.45) is 3.66. The molecule has 7 heteroatoms. The average molecular weight is 428 g/mol. The summed E-state index contributed by atoms with van der Waals surface area (Å²) in [5.74, 6) is -1.67. The summed E-state index contributed by atoms with van der Waals surface area (Å²) in [5, 5.41) is 1.68. The third-order valence-electron chi connectivity index (χ3n) is 5.71. The van der Waals surface area contributed by atoms with Gasteiger partial charge in [0.05, 0.1) is 17.7 Å². The van der Waals surface area contributed by atoms with Crippen LogP contribution < -0.4 is 0 Å². The van der Waals surface area contributed by atoms with Crippen LogP contribution in [-0.4, -0.2) is 33.6 Å². The number of nitrogens with zero attached hydrogens (tertiary/aromatic N) is 2. The largest absolute Gasteiger partial charge is 0.464 e. The Labute approximate surface area is 183 Å². The van der Waals surface area contributed by atoms with Gasteiger partial charge < -0.3 is 18.6 Å². The zero-order valence-corrected chi connectivity index (χ0v) is 17.6. The van der Waals surface area contributed by atoms with Gasteiger partial charge in [0.25, 0.3) is 0 Å². The highest BCUT2D eigenvalue weighted by atomic mass is 16.6. The second-order valence-corrected chi connectivity index (χ2v) is 7.69. The van der Waals surface area contributed by atoms with E-state index < -0.39 is 11.9 Å². The van der Waals surface area contributed by atoms with Crippen molar-refractivity contribution in [3.63, 3.8) is 0 Å². The molecule has 4 aromatic rings.